The lowest BCUT2D eigenvalue weighted by Gasteiger charge is -2.46. The molecule has 1 aliphatic heterocycles. The lowest BCUT2D eigenvalue weighted by molar-refractivity contribution is -0.131. The Morgan fingerprint density at radius 1 is 1.36 bits per heavy atom. The number of benzene rings is 1. The Morgan fingerprint density at radius 3 is 2.89 bits per heavy atom. The van der Waals surface area contributed by atoms with Crippen LogP contribution < -0.4 is 10.6 Å². The van der Waals surface area contributed by atoms with E-state index in [0.29, 0.717) is 23.5 Å². The van der Waals surface area contributed by atoms with Gasteiger partial charge in [0.25, 0.3) is 0 Å². The molecule has 1 saturated heterocycles. The minimum Gasteiger partial charge on any atom is -0.385 e. The Hall–Kier alpha value is -2.69. The fourth-order valence-electron chi connectivity index (χ4n) is 3.19. The van der Waals surface area contributed by atoms with Gasteiger partial charge in [-0.2, -0.15) is 0 Å². The van der Waals surface area contributed by atoms with Crippen LogP contribution in [-0.2, 0) is 16.4 Å². The normalized spacial score (nSPS) is 24.0. The predicted molar refractivity (Wildman–Crippen MR) is 105 cm³/mol. The number of hydrogen-bond acceptors (Lipinski definition) is 8. The van der Waals surface area contributed by atoms with Gasteiger partial charge in [-0.1, -0.05) is 41.6 Å². The number of thioether (sulfide) groups is 1. The average molecular weight is 400 g/mol. The van der Waals surface area contributed by atoms with Gasteiger partial charge >= 0.3 is 0 Å². The summed E-state index contributed by atoms with van der Waals surface area (Å²) in [7, 11) is 1.49. The van der Waals surface area contributed by atoms with Crippen LogP contribution in [0.2, 0.25) is 0 Å². The van der Waals surface area contributed by atoms with Crippen molar-refractivity contribution in [2.75, 3.05) is 12.4 Å². The Morgan fingerprint density at radius 2 is 2.18 bits per heavy atom. The number of anilines is 1. The minimum absolute atomic E-state index is 0.346. The molecule has 0 bridgehead atoms. The van der Waals surface area contributed by atoms with Crippen molar-refractivity contribution in [1.82, 2.24) is 24.8 Å². The van der Waals surface area contributed by atoms with E-state index in [1.54, 1.807) is 0 Å². The maximum absolute atomic E-state index is 11.8. The van der Waals surface area contributed by atoms with E-state index in [0.717, 1.165) is 17.3 Å². The first-order valence-electron chi connectivity index (χ1n) is 8.72. The lowest BCUT2D eigenvalue weighted by atomic mass is 10.1. The van der Waals surface area contributed by atoms with Gasteiger partial charge in [0.15, 0.2) is 17.0 Å². The number of nitrogens with one attached hydrogen (secondary N) is 2. The van der Waals surface area contributed by atoms with Crippen LogP contribution in [0.5, 0.6) is 0 Å². The molecule has 10 heteroatoms. The molecule has 0 saturated carbocycles. The standard InChI is InChI=1S/C18H20N6O3S/c1-10-4-3-5-11(6-10)7-20-15-12-16(22-8-21-15)24(9-23-12)18(27)14(25)13(28-18)17(26)19-2/h3-6,8-9,13-14,25,27H,7H2,1-2H3,(H,19,26)(H,20,21,22). The first-order chi connectivity index (χ1) is 13.4. The van der Waals surface area contributed by atoms with E-state index >= 15 is 0 Å². The number of rotatable bonds is 5. The Balaban J connectivity index is 1.60. The van der Waals surface area contributed by atoms with Crippen LogP contribution >= 0.6 is 11.8 Å². The van der Waals surface area contributed by atoms with Crippen LogP contribution in [-0.4, -0.2) is 54.0 Å². The van der Waals surface area contributed by atoms with E-state index in [1.807, 2.05) is 25.1 Å². The first kappa shape index (κ1) is 18.7. The highest BCUT2D eigenvalue weighted by Crippen LogP contribution is 2.50. The largest absolute Gasteiger partial charge is 0.385 e. The smallest absolute Gasteiger partial charge is 0.235 e. The summed E-state index contributed by atoms with van der Waals surface area (Å²) in [5.41, 5.74) is 3.11. The van der Waals surface area contributed by atoms with Gasteiger partial charge in [0.05, 0.1) is 0 Å². The molecular formula is C18H20N6O3S. The second kappa shape index (κ2) is 7.04. The molecule has 1 aromatic carbocycles. The van der Waals surface area contributed by atoms with Crippen molar-refractivity contribution in [2.45, 2.75) is 29.9 Å². The van der Waals surface area contributed by atoms with Crippen LogP contribution in [0.4, 0.5) is 5.82 Å². The number of aromatic nitrogens is 4. The number of aryl methyl sites for hydroxylation is 1. The van der Waals surface area contributed by atoms with Gasteiger partial charge in [0.2, 0.25) is 11.0 Å². The van der Waals surface area contributed by atoms with E-state index in [4.69, 9.17) is 0 Å². The number of fused-ring (bicyclic) bond motifs is 1. The van der Waals surface area contributed by atoms with Crippen molar-refractivity contribution in [3.8, 4) is 0 Å². The predicted octanol–water partition coefficient (Wildman–Crippen LogP) is 0.572. The third kappa shape index (κ3) is 2.99. The number of aliphatic hydroxyl groups is 2. The number of aliphatic hydroxyl groups excluding tert-OH is 1. The molecule has 0 aliphatic carbocycles. The van der Waals surface area contributed by atoms with E-state index in [1.165, 1.54) is 29.8 Å². The second-order valence-corrected chi connectivity index (χ2v) is 7.95. The molecule has 3 heterocycles. The SMILES string of the molecule is CNC(=O)C1SC(O)(n2cnc3c(NCc4cccc(C)c4)ncnc32)C1O. The summed E-state index contributed by atoms with van der Waals surface area (Å²) in [4.78, 5) is 24.5. The summed E-state index contributed by atoms with van der Waals surface area (Å²) in [6, 6.07) is 8.11. The Labute approximate surface area is 165 Å². The molecule has 4 N–H and O–H groups in total. The van der Waals surface area contributed by atoms with Crippen LogP contribution in [0.1, 0.15) is 11.1 Å². The molecule has 4 rings (SSSR count). The van der Waals surface area contributed by atoms with Gasteiger partial charge in [-0.05, 0) is 12.5 Å². The summed E-state index contributed by atoms with van der Waals surface area (Å²) in [6.07, 6.45) is 1.48. The van der Waals surface area contributed by atoms with Gasteiger partial charge < -0.3 is 20.8 Å². The molecule has 0 radical (unpaired) electrons. The van der Waals surface area contributed by atoms with Crippen LogP contribution in [0.25, 0.3) is 11.2 Å². The molecule has 3 atom stereocenters. The maximum Gasteiger partial charge on any atom is 0.235 e. The number of amides is 1. The summed E-state index contributed by atoms with van der Waals surface area (Å²) < 4.78 is 1.37. The number of imidazole rings is 1. The van der Waals surface area contributed by atoms with Crippen molar-refractivity contribution in [1.29, 1.82) is 0 Å². The topological polar surface area (TPSA) is 125 Å². The maximum atomic E-state index is 11.8. The fraction of sp³-hybridized carbons (Fsp3) is 0.333. The number of carbonyl (C=O) groups excluding carboxylic acids is 1. The zero-order valence-corrected chi connectivity index (χ0v) is 16.1. The van der Waals surface area contributed by atoms with E-state index in [2.05, 4.69) is 31.7 Å². The third-order valence-corrected chi connectivity index (χ3v) is 6.21. The number of nitrogens with zero attached hydrogens (tertiary/aromatic N) is 4. The lowest BCUT2D eigenvalue weighted by Crippen LogP contribution is -2.62. The highest BCUT2D eigenvalue weighted by Gasteiger charge is 2.58. The zero-order valence-electron chi connectivity index (χ0n) is 15.3. The highest BCUT2D eigenvalue weighted by atomic mass is 32.2. The molecule has 28 heavy (non-hydrogen) atoms. The molecule has 2 aromatic heterocycles. The summed E-state index contributed by atoms with van der Waals surface area (Å²) >= 11 is 0.943. The van der Waals surface area contributed by atoms with Crippen molar-refractivity contribution in [2.24, 2.45) is 0 Å². The first-order valence-corrected chi connectivity index (χ1v) is 9.60. The minimum atomic E-state index is -1.71. The van der Waals surface area contributed by atoms with Crippen molar-refractivity contribution in [3.05, 3.63) is 48.0 Å². The number of hydrogen-bond donors (Lipinski definition) is 4. The van der Waals surface area contributed by atoms with Gasteiger partial charge in [-0.25, -0.2) is 15.0 Å². The van der Waals surface area contributed by atoms with Crippen molar-refractivity contribution < 1.29 is 15.0 Å². The molecule has 146 valence electrons. The fourth-order valence-corrected chi connectivity index (χ4v) is 4.41. The second-order valence-electron chi connectivity index (χ2n) is 6.61. The zero-order chi connectivity index (χ0) is 19.9. The average Bonchev–Trinajstić information content (AvgIpc) is 3.14. The molecule has 1 fully saturated rings. The van der Waals surface area contributed by atoms with Crippen LogP contribution in [0.3, 0.4) is 0 Å². The monoisotopic (exact) mass is 400 g/mol. The molecule has 0 spiro atoms. The van der Waals surface area contributed by atoms with Crippen molar-refractivity contribution in [3.63, 3.8) is 0 Å². The van der Waals surface area contributed by atoms with Gasteiger partial charge in [0.1, 0.15) is 24.0 Å². The molecule has 3 unspecified atom stereocenters. The molecule has 3 aromatic rings. The molecule has 9 nitrogen and oxygen atoms in total. The van der Waals surface area contributed by atoms with Crippen LogP contribution in [0, 0.1) is 6.92 Å². The van der Waals surface area contributed by atoms with Gasteiger partial charge in [-0.15, -0.1) is 0 Å². The van der Waals surface area contributed by atoms with E-state index in [9.17, 15) is 15.0 Å². The summed E-state index contributed by atoms with van der Waals surface area (Å²) in [6.45, 7) is 2.59. The molecule has 1 aliphatic rings. The number of carbonyl (C=O) groups is 1. The summed E-state index contributed by atoms with van der Waals surface area (Å²) in [5, 5.41) is 24.5. The molecule has 1 amide bonds. The Kier molecular flexibility index (Phi) is 4.69. The van der Waals surface area contributed by atoms with Gasteiger partial charge in [0, 0.05) is 13.6 Å². The van der Waals surface area contributed by atoms with E-state index < -0.39 is 16.4 Å². The van der Waals surface area contributed by atoms with E-state index in [-0.39, 0.29) is 5.91 Å². The van der Waals surface area contributed by atoms with Crippen LogP contribution in [0.15, 0.2) is 36.9 Å². The van der Waals surface area contributed by atoms with Crippen molar-refractivity contribution >= 4 is 34.7 Å². The quantitative estimate of drug-likeness (QED) is 0.490. The summed E-state index contributed by atoms with van der Waals surface area (Å²) in [5.74, 6) is 0.178. The Bertz CT molecular complexity index is 1040. The highest BCUT2D eigenvalue weighted by molar-refractivity contribution is 8.02. The third-order valence-electron chi connectivity index (χ3n) is 4.70. The van der Waals surface area contributed by atoms with Gasteiger partial charge in [-0.3, -0.25) is 9.36 Å². The molecular weight excluding hydrogens is 380 g/mol.